The minimum absolute atomic E-state index is 0.118. The highest BCUT2D eigenvalue weighted by Gasteiger charge is 2.45. The number of aliphatic hydroxyl groups excluding tert-OH is 4. The zero-order valence-corrected chi connectivity index (χ0v) is 24.9. The number of hydrogen-bond acceptors (Lipinski definition) is 10. The first-order valence-corrected chi connectivity index (χ1v) is 14.5. The van der Waals surface area contributed by atoms with E-state index in [-0.39, 0.29) is 11.6 Å². The summed E-state index contributed by atoms with van der Waals surface area (Å²) >= 11 is 0. The van der Waals surface area contributed by atoms with Crippen LogP contribution in [0, 0.1) is 5.41 Å². The van der Waals surface area contributed by atoms with E-state index in [4.69, 9.17) is 25.4 Å². The summed E-state index contributed by atoms with van der Waals surface area (Å²) in [5, 5.41) is 54.8. The van der Waals surface area contributed by atoms with Gasteiger partial charge in [-0.1, -0.05) is 66.7 Å². The molecule has 4 aromatic carbocycles. The van der Waals surface area contributed by atoms with Crippen LogP contribution in [-0.2, 0) is 9.53 Å². The van der Waals surface area contributed by atoms with Crippen molar-refractivity contribution in [3.63, 3.8) is 0 Å². The van der Waals surface area contributed by atoms with E-state index in [2.05, 4.69) is 10.6 Å². The highest BCUT2D eigenvalue weighted by atomic mass is 16.7. The lowest BCUT2D eigenvalue weighted by molar-refractivity contribution is -0.277. The third-order valence-electron chi connectivity index (χ3n) is 7.63. The number of amidine groups is 1. The maximum atomic E-state index is 14.2. The van der Waals surface area contributed by atoms with Gasteiger partial charge in [-0.15, -0.1) is 0 Å². The Morgan fingerprint density at radius 3 is 2.35 bits per heavy atom. The van der Waals surface area contributed by atoms with Crippen LogP contribution in [0.1, 0.15) is 17.2 Å². The lowest BCUT2D eigenvalue weighted by Crippen LogP contribution is -2.60. The summed E-state index contributed by atoms with van der Waals surface area (Å²) < 4.78 is 17.1. The van der Waals surface area contributed by atoms with E-state index in [0.717, 1.165) is 11.1 Å². The van der Waals surface area contributed by atoms with Crippen LogP contribution in [0.15, 0.2) is 97.1 Å². The number of nitrogen functional groups attached to an aromatic ring is 1. The van der Waals surface area contributed by atoms with Gasteiger partial charge >= 0.3 is 0 Å². The van der Waals surface area contributed by atoms with Gasteiger partial charge in [0, 0.05) is 16.8 Å². The average Bonchev–Trinajstić information content (AvgIpc) is 3.08. The minimum atomic E-state index is -1.66. The second-order valence-corrected chi connectivity index (χ2v) is 10.7. The molecule has 1 aliphatic rings. The third kappa shape index (κ3) is 7.12. The Bertz CT molecular complexity index is 1670. The molecule has 6 unspecified atom stereocenters. The van der Waals surface area contributed by atoms with Gasteiger partial charge in [-0.25, -0.2) is 0 Å². The van der Waals surface area contributed by atoms with Crippen LogP contribution in [0.2, 0.25) is 0 Å². The number of benzene rings is 4. The molecule has 12 heteroatoms. The normalized spacial score (nSPS) is 21.5. The van der Waals surface area contributed by atoms with Crippen molar-refractivity contribution < 1.29 is 39.4 Å². The molecule has 0 saturated carbocycles. The zero-order chi connectivity index (χ0) is 32.8. The van der Waals surface area contributed by atoms with Crippen molar-refractivity contribution in [2.45, 2.75) is 36.7 Å². The summed E-state index contributed by atoms with van der Waals surface area (Å²) in [5.41, 5.74) is 9.14. The fraction of sp³-hybridized carbons (Fsp3) is 0.235. The molecule has 5 rings (SSSR count). The number of carbonyl (C=O) groups excluding carboxylic acids is 1. The summed E-state index contributed by atoms with van der Waals surface area (Å²) in [4.78, 5) is 14.2. The molecule has 12 nitrogen and oxygen atoms in total. The molecule has 0 aliphatic carbocycles. The molecule has 1 saturated heterocycles. The lowest BCUT2D eigenvalue weighted by atomic mass is 9.99. The van der Waals surface area contributed by atoms with Crippen molar-refractivity contribution in [2.24, 2.45) is 5.73 Å². The second-order valence-electron chi connectivity index (χ2n) is 10.7. The number of hydrogen-bond donors (Lipinski definition) is 8. The van der Waals surface area contributed by atoms with E-state index in [9.17, 15) is 25.2 Å². The first-order valence-electron chi connectivity index (χ1n) is 14.5. The first kappa shape index (κ1) is 32.4. The van der Waals surface area contributed by atoms with Crippen LogP contribution < -0.4 is 25.8 Å². The Balaban J connectivity index is 1.52. The predicted molar refractivity (Wildman–Crippen MR) is 172 cm³/mol. The van der Waals surface area contributed by atoms with E-state index in [1.54, 1.807) is 60.7 Å². The van der Waals surface area contributed by atoms with Gasteiger partial charge in [0.1, 0.15) is 47.8 Å². The monoisotopic (exact) mass is 628 g/mol. The van der Waals surface area contributed by atoms with Crippen molar-refractivity contribution in [3.05, 3.63) is 108 Å². The number of para-hydroxylation sites is 1. The van der Waals surface area contributed by atoms with E-state index in [0.29, 0.717) is 28.3 Å². The average molecular weight is 629 g/mol. The molecule has 1 amide bonds. The van der Waals surface area contributed by atoms with Crippen molar-refractivity contribution in [1.29, 1.82) is 5.41 Å². The maximum Gasteiger partial charge on any atom is 0.251 e. The predicted octanol–water partition coefficient (Wildman–Crippen LogP) is 2.62. The van der Waals surface area contributed by atoms with Gasteiger partial charge in [-0.3, -0.25) is 10.2 Å². The Labute approximate surface area is 265 Å². The number of nitrogens with one attached hydrogen (secondary N) is 3. The molecule has 6 atom stereocenters. The Kier molecular flexibility index (Phi) is 10.2. The molecule has 46 heavy (non-hydrogen) atoms. The summed E-state index contributed by atoms with van der Waals surface area (Å²) in [6, 6.07) is 27.2. The number of nitrogens with two attached hydrogens (primary N) is 1. The standard InChI is InChI=1S/C34H36N4O8/c1-44-26-15-14-20(19-8-3-2-4-9-19)17-24(26)38-33(43)28(37-22-11-7-10-21(16-22)32(35)36)23-12-5-6-13-25(23)45-34-31(42)30(41)29(40)27(18-39)46-34/h2-17,27-31,34,37,39-42H,18H2,1H3,(H3,35,36)(H,38,43). The summed E-state index contributed by atoms with van der Waals surface area (Å²) in [6.45, 7) is -0.630. The summed E-state index contributed by atoms with van der Waals surface area (Å²) in [6.07, 6.45) is -7.55. The third-order valence-corrected chi connectivity index (χ3v) is 7.63. The number of anilines is 2. The van der Waals surface area contributed by atoms with Gasteiger partial charge in [0.05, 0.1) is 19.4 Å². The van der Waals surface area contributed by atoms with Crippen molar-refractivity contribution in [2.75, 3.05) is 24.4 Å². The highest BCUT2D eigenvalue weighted by Crippen LogP contribution is 2.35. The molecule has 240 valence electrons. The van der Waals surface area contributed by atoms with Gasteiger partial charge in [0.2, 0.25) is 6.29 Å². The minimum Gasteiger partial charge on any atom is -0.495 e. The molecule has 9 N–H and O–H groups in total. The smallest absolute Gasteiger partial charge is 0.251 e. The molecule has 0 spiro atoms. The van der Waals surface area contributed by atoms with Gasteiger partial charge < -0.3 is 51.0 Å². The number of amides is 1. The molecular weight excluding hydrogens is 592 g/mol. The molecule has 0 bridgehead atoms. The Hall–Kier alpha value is -4.98. The number of rotatable bonds is 11. The maximum absolute atomic E-state index is 14.2. The van der Waals surface area contributed by atoms with Crippen molar-refractivity contribution >= 4 is 23.1 Å². The topological polar surface area (TPSA) is 200 Å². The van der Waals surface area contributed by atoms with Gasteiger partial charge in [-0.05, 0) is 41.5 Å². The lowest BCUT2D eigenvalue weighted by Gasteiger charge is -2.40. The van der Waals surface area contributed by atoms with Gasteiger partial charge in [-0.2, -0.15) is 0 Å². The summed E-state index contributed by atoms with van der Waals surface area (Å²) in [7, 11) is 1.50. The van der Waals surface area contributed by atoms with Crippen LogP contribution in [0.4, 0.5) is 11.4 Å². The van der Waals surface area contributed by atoms with Crippen LogP contribution in [0.3, 0.4) is 0 Å². The SMILES string of the molecule is COc1ccc(-c2ccccc2)cc1NC(=O)C(Nc1cccc(C(=N)N)c1)c1ccccc1OC1OC(CO)C(O)C(O)C1O. The zero-order valence-electron chi connectivity index (χ0n) is 24.9. The van der Waals surface area contributed by atoms with Gasteiger partial charge in [0.15, 0.2) is 0 Å². The molecule has 0 aromatic heterocycles. The second kappa shape index (κ2) is 14.4. The first-order chi connectivity index (χ1) is 22.2. The molecule has 1 heterocycles. The molecule has 0 radical (unpaired) electrons. The van der Waals surface area contributed by atoms with Crippen LogP contribution in [0.25, 0.3) is 11.1 Å². The van der Waals surface area contributed by atoms with Crippen molar-refractivity contribution in [3.8, 4) is 22.6 Å². The number of methoxy groups -OCH3 is 1. The molecular formula is C34H36N4O8. The molecule has 4 aromatic rings. The van der Waals surface area contributed by atoms with E-state index >= 15 is 0 Å². The van der Waals surface area contributed by atoms with Gasteiger partial charge in [0.25, 0.3) is 5.91 Å². The number of aliphatic hydroxyl groups is 4. The summed E-state index contributed by atoms with van der Waals surface area (Å²) in [5.74, 6) is -0.122. The Morgan fingerprint density at radius 2 is 1.63 bits per heavy atom. The van der Waals surface area contributed by atoms with Crippen LogP contribution in [-0.4, -0.2) is 76.6 Å². The quantitative estimate of drug-likeness (QED) is 0.0902. The van der Waals surface area contributed by atoms with Crippen molar-refractivity contribution in [1.82, 2.24) is 0 Å². The highest BCUT2D eigenvalue weighted by molar-refractivity contribution is 6.00. The number of carbonyl (C=O) groups is 1. The van der Waals surface area contributed by atoms with E-state index in [1.165, 1.54) is 7.11 Å². The fourth-order valence-electron chi connectivity index (χ4n) is 5.16. The largest absolute Gasteiger partial charge is 0.495 e. The van der Waals surface area contributed by atoms with Crippen LogP contribution >= 0.6 is 0 Å². The Morgan fingerprint density at radius 1 is 0.891 bits per heavy atom. The molecule has 1 aliphatic heterocycles. The number of ether oxygens (including phenoxy) is 3. The fourth-order valence-corrected chi connectivity index (χ4v) is 5.16. The molecule has 1 fully saturated rings. The van der Waals surface area contributed by atoms with E-state index in [1.807, 2.05) is 36.4 Å². The van der Waals surface area contributed by atoms with E-state index < -0.39 is 49.3 Å². The van der Waals surface area contributed by atoms with Crippen LogP contribution in [0.5, 0.6) is 11.5 Å².